The Morgan fingerprint density at radius 2 is 1.94 bits per heavy atom. The van der Waals surface area contributed by atoms with Gasteiger partial charge in [-0.05, 0) is 32.6 Å². The molecule has 0 fully saturated rings. The van der Waals surface area contributed by atoms with Gasteiger partial charge in [0.25, 0.3) is 0 Å². The van der Waals surface area contributed by atoms with Crippen molar-refractivity contribution in [2.45, 2.75) is 54.0 Å². The van der Waals surface area contributed by atoms with Crippen LogP contribution in [0.5, 0.6) is 0 Å². The minimum atomic E-state index is 0.381. The molecule has 16 heavy (non-hydrogen) atoms. The zero-order valence-electron chi connectivity index (χ0n) is 11.9. The van der Waals surface area contributed by atoms with E-state index in [4.69, 9.17) is 5.73 Å². The molecule has 0 atom stereocenters. The highest BCUT2D eigenvalue weighted by atomic mass is 15.2. The number of hydrogen-bond donors (Lipinski definition) is 1. The first-order valence-electron chi connectivity index (χ1n) is 6.29. The summed E-state index contributed by atoms with van der Waals surface area (Å²) in [6.45, 7) is 16.1. The first kappa shape index (κ1) is 15.4. The molecular formula is C13H29N3. The van der Waals surface area contributed by atoms with Crippen LogP contribution >= 0.6 is 0 Å². The second kappa shape index (κ2) is 6.89. The fraction of sp³-hybridized carbons (Fsp3) is 0.923. The van der Waals surface area contributed by atoms with E-state index < -0.39 is 0 Å². The van der Waals surface area contributed by atoms with E-state index in [2.05, 4.69) is 44.5 Å². The molecule has 2 N–H and O–H groups in total. The van der Waals surface area contributed by atoms with Gasteiger partial charge in [0.15, 0.2) is 0 Å². The first-order valence-corrected chi connectivity index (χ1v) is 6.29. The Morgan fingerprint density at radius 1 is 1.38 bits per heavy atom. The van der Waals surface area contributed by atoms with Crippen molar-refractivity contribution in [3.63, 3.8) is 0 Å². The van der Waals surface area contributed by atoms with Gasteiger partial charge in [-0.15, -0.1) is 0 Å². The lowest BCUT2D eigenvalue weighted by atomic mass is 9.89. The summed E-state index contributed by atoms with van der Waals surface area (Å²) < 4.78 is 0. The standard InChI is InChI=1S/C13H29N3/c1-7-13(5,6)10-16(11(2)3)9-8-15-12(4)14/h11H,7-10H2,1-6H3,(H2,14,15). The molecule has 3 heteroatoms. The molecule has 0 rings (SSSR count). The van der Waals surface area contributed by atoms with E-state index in [0.29, 0.717) is 17.3 Å². The highest BCUT2D eigenvalue weighted by Gasteiger charge is 2.21. The van der Waals surface area contributed by atoms with Gasteiger partial charge < -0.3 is 5.73 Å². The predicted octanol–water partition coefficient (Wildman–Crippen LogP) is 2.51. The Kier molecular flexibility index (Phi) is 6.65. The summed E-state index contributed by atoms with van der Waals surface area (Å²) in [5.41, 5.74) is 5.92. The summed E-state index contributed by atoms with van der Waals surface area (Å²) in [6.07, 6.45) is 1.20. The molecule has 0 aromatic rings. The molecule has 0 heterocycles. The lowest BCUT2D eigenvalue weighted by Crippen LogP contribution is -2.40. The average molecular weight is 227 g/mol. The molecule has 0 radical (unpaired) electrons. The maximum Gasteiger partial charge on any atom is 0.0906 e. The van der Waals surface area contributed by atoms with Crippen molar-refractivity contribution in [2.24, 2.45) is 16.1 Å². The Bertz CT molecular complexity index is 215. The summed E-state index contributed by atoms with van der Waals surface area (Å²) in [6, 6.07) is 0.569. The van der Waals surface area contributed by atoms with E-state index in [1.807, 2.05) is 6.92 Å². The third kappa shape index (κ3) is 6.83. The largest absolute Gasteiger partial charge is 0.388 e. The fourth-order valence-electron chi connectivity index (χ4n) is 1.54. The first-order chi connectivity index (χ1) is 7.28. The van der Waals surface area contributed by atoms with Gasteiger partial charge in [-0.2, -0.15) is 0 Å². The predicted molar refractivity (Wildman–Crippen MR) is 72.9 cm³/mol. The van der Waals surface area contributed by atoms with Gasteiger partial charge in [-0.1, -0.05) is 20.8 Å². The van der Waals surface area contributed by atoms with E-state index in [-0.39, 0.29) is 0 Å². The zero-order valence-corrected chi connectivity index (χ0v) is 11.9. The fourth-order valence-corrected chi connectivity index (χ4v) is 1.54. The van der Waals surface area contributed by atoms with Gasteiger partial charge in [0.05, 0.1) is 12.4 Å². The molecule has 0 amide bonds. The van der Waals surface area contributed by atoms with Crippen LogP contribution < -0.4 is 5.73 Å². The van der Waals surface area contributed by atoms with Crippen molar-refractivity contribution in [2.75, 3.05) is 19.6 Å². The summed E-state index contributed by atoms with van der Waals surface area (Å²) in [4.78, 5) is 6.74. The molecule has 0 saturated carbocycles. The molecule has 0 spiro atoms. The van der Waals surface area contributed by atoms with Crippen LogP contribution in [0.4, 0.5) is 0 Å². The quantitative estimate of drug-likeness (QED) is 0.536. The average Bonchev–Trinajstić information content (AvgIpc) is 2.15. The Labute approximate surface area is 101 Å². The van der Waals surface area contributed by atoms with Crippen LogP contribution in [0.25, 0.3) is 0 Å². The summed E-state index contributed by atoms with van der Waals surface area (Å²) >= 11 is 0. The molecule has 0 aliphatic rings. The van der Waals surface area contributed by atoms with Crippen LogP contribution in [0.15, 0.2) is 4.99 Å². The summed E-state index contributed by atoms with van der Waals surface area (Å²) in [5, 5.41) is 0. The minimum absolute atomic E-state index is 0.381. The van der Waals surface area contributed by atoms with Crippen molar-refractivity contribution >= 4 is 5.84 Å². The Morgan fingerprint density at radius 3 is 2.31 bits per heavy atom. The third-order valence-corrected chi connectivity index (χ3v) is 3.07. The zero-order chi connectivity index (χ0) is 12.8. The van der Waals surface area contributed by atoms with Gasteiger partial charge in [-0.3, -0.25) is 9.89 Å². The van der Waals surface area contributed by atoms with Crippen LogP contribution in [0.1, 0.15) is 48.0 Å². The topological polar surface area (TPSA) is 41.6 Å². The van der Waals surface area contributed by atoms with Gasteiger partial charge in [0.1, 0.15) is 0 Å². The molecule has 3 nitrogen and oxygen atoms in total. The number of nitrogens with two attached hydrogens (primary N) is 1. The normalized spacial score (nSPS) is 13.9. The molecule has 0 aromatic carbocycles. The molecular weight excluding hydrogens is 198 g/mol. The van der Waals surface area contributed by atoms with E-state index in [1.54, 1.807) is 0 Å². The number of rotatable bonds is 7. The van der Waals surface area contributed by atoms with Crippen molar-refractivity contribution in [1.82, 2.24) is 4.90 Å². The Balaban J connectivity index is 4.24. The molecule has 96 valence electrons. The van der Waals surface area contributed by atoms with Gasteiger partial charge >= 0.3 is 0 Å². The van der Waals surface area contributed by atoms with Crippen molar-refractivity contribution in [3.8, 4) is 0 Å². The molecule has 0 unspecified atom stereocenters. The monoisotopic (exact) mass is 227 g/mol. The minimum Gasteiger partial charge on any atom is -0.388 e. The van der Waals surface area contributed by atoms with Crippen LogP contribution in [0, 0.1) is 5.41 Å². The Hall–Kier alpha value is -0.570. The van der Waals surface area contributed by atoms with Crippen LogP contribution in [0.2, 0.25) is 0 Å². The number of hydrogen-bond acceptors (Lipinski definition) is 2. The molecule has 0 bridgehead atoms. The van der Waals surface area contributed by atoms with Crippen LogP contribution in [-0.4, -0.2) is 36.4 Å². The van der Waals surface area contributed by atoms with Crippen molar-refractivity contribution in [1.29, 1.82) is 0 Å². The van der Waals surface area contributed by atoms with Gasteiger partial charge in [0, 0.05) is 19.1 Å². The van der Waals surface area contributed by atoms with Crippen LogP contribution in [-0.2, 0) is 0 Å². The highest BCUT2D eigenvalue weighted by molar-refractivity contribution is 5.77. The second-order valence-corrected chi connectivity index (χ2v) is 5.61. The van der Waals surface area contributed by atoms with E-state index >= 15 is 0 Å². The lowest BCUT2D eigenvalue weighted by molar-refractivity contribution is 0.145. The summed E-state index contributed by atoms with van der Waals surface area (Å²) in [5.74, 6) is 0.679. The molecule has 0 saturated heterocycles. The van der Waals surface area contributed by atoms with E-state index in [9.17, 15) is 0 Å². The SMILES string of the molecule is CCC(C)(C)CN(CCN=C(C)N)C(C)C. The van der Waals surface area contributed by atoms with Gasteiger partial charge in [-0.25, -0.2) is 0 Å². The summed E-state index contributed by atoms with van der Waals surface area (Å²) in [7, 11) is 0. The van der Waals surface area contributed by atoms with Gasteiger partial charge in [0.2, 0.25) is 0 Å². The number of nitrogens with zero attached hydrogens (tertiary/aromatic N) is 2. The third-order valence-electron chi connectivity index (χ3n) is 3.07. The molecule has 0 aromatic heterocycles. The smallest absolute Gasteiger partial charge is 0.0906 e. The molecule has 0 aliphatic heterocycles. The van der Waals surface area contributed by atoms with E-state index in [0.717, 1.165) is 19.6 Å². The maximum atomic E-state index is 5.54. The molecule has 0 aliphatic carbocycles. The number of amidine groups is 1. The maximum absolute atomic E-state index is 5.54. The van der Waals surface area contributed by atoms with Crippen molar-refractivity contribution in [3.05, 3.63) is 0 Å². The highest BCUT2D eigenvalue weighted by Crippen LogP contribution is 2.22. The van der Waals surface area contributed by atoms with Crippen LogP contribution in [0.3, 0.4) is 0 Å². The lowest BCUT2D eigenvalue weighted by Gasteiger charge is -2.34. The van der Waals surface area contributed by atoms with E-state index in [1.165, 1.54) is 6.42 Å². The second-order valence-electron chi connectivity index (χ2n) is 5.61. The number of aliphatic imine (C=N–C) groups is 1. The van der Waals surface area contributed by atoms with Crippen molar-refractivity contribution < 1.29 is 0 Å².